The zero-order chi connectivity index (χ0) is 10.8. The van der Waals surface area contributed by atoms with Gasteiger partial charge in [-0.15, -0.1) is 0 Å². The van der Waals surface area contributed by atoms with Crippen molar-refractivity contribution in [3.8, 4) is 0 Å². The van der Waals surface area contributed by atoms with Gasteiger partial charge in [0.15, 0.2) is 0 Å². The first kappa shape index (κ1) is 11.2. The third-order valence-corrected chi connectivity index (χ3v) is 2.38. The smallest absolute Gasteiger partial charge is 0.271 e. The molecule has 0 aliphatic carbocycles. The normalized spacial score (nSPS) is 12.3. The molecule has 0 aromatic carbocycles. The number of primary sulfonamides is 1. The van der Waals surface area contributed by atoms with Gasteiger partial charge in [-0.1, -0.05) is 13.8 Å². The Bertz CT molecular complexity index is 394. The maximum atomic E-state index is 10.8. The molecule has 0 fully saturated rings. The average Bonchev–Trinajstić information content (AvgIpc) is 2.47. The van der Waals surface area contributed by atoms with Gasteiger partial charge in [-0.2, -0.15) is 0 Å². The van der Waals surface area contributed by atoms with Gasteiger partial charge in [-0.05, 0) is 12.1 Å². The maximum Gasteiger partial charge on any atom is 0.271 e. The number of nitrogens with one attached hydrogen (secondary N) is 1. The van der Waals surface area contributed by atoms with Crippen molar-refractivity contribution in [2.75, 3.05) is 0 Å². The molecule has 5 nitrogen and oxygen atoms in total. The van der Waals surface area contributed by atoms with E-state index in [1.54, 1.807) is 6.07 Å². The van der Waals surface area contributed by atoms with Gasteiger partial charge in [0, 0.05) is 6.04 Å². The topological polar surface area (TPSA) is 85.3 Å². The average molecular weight is 218 g/mol. The summed E-state index contributed by atoms with van der Waals surface area (Å²) in [4.78, 5) is 0. The molecule has 1 heterocycles. The van der Waals surface area contributed by atoms with Gasteiger partial charge < -0.3 is 9.73 Å². The molecule has 0 spiro atoms. The third kappa shape index (κ3) is 3.13. The first-order valence-corrected chi connectivity index (χ1v) is 5.79. The number of hydrogen-bond acceptors (Lipinski definition) is 4. The minimum Gasteiger partial charge on any atom is -0.447 e. The van der Waals surface area contributed by atoms with Crippen LogP contribution in [-0.4, -0.2) is 14.5 Å². The van der Waals surface area contributed by atoms with Gasteiger partial charge in [-0.3, -0.25) is 0 Å². The lowest BCUT2D eigenvalue weighted by atomic mass is 10.3. The molecule has 0 saturated heterocycles. The van der Waals surface area contributed by atoms with Crippen molar-refractivity contribution in [1.29, 1.82) is 0 Å². The zero-order valence-corrected chi connectivity index (χ0v) is 8.97. The van der Waals surface area contributed by atoms with Crippen LogP contribution in [0, 0.1) is 0 Å². The van der Waals surface area contributed by atoms with Crippen LogP contribution in [0.4, 0.5) is 0 Å². The predicted molar refractivity (Wildman–Crippen MR) is 52.1 cm³/mol. The van der Waals surface area contributed by atoms with Gasteiger partial charge in [0.05, 0.1) is 6.54 Å². The van der Waals surface area contributed by atoms with E-state index >= 15 is 0 Å². The summed E-state index contributed by atoms with van der Waals surface area (Å²) in [5, 5.41) is 7.79. The summed E-state index contributed by atoms with van der Waals surface area (Å²) in [5.41, 5.74) is 0. The molecule has 0 unspecified atom stereocenters. The first-order chi connectivity index (χ1) is 6.39. The van der Waals surface area contributed by atoms with Crippen LogP contribution in [0.5, 0.6) is 0 Å². The number of rotatable bonds is 4. The van der Waals surface area contributed by atoms with Gasteiger partial charge in [0.2, 0.25) is 5.09 Å². The molecular weight excluding hydrogens is 204 g/mol. The minimum absolute atomic E-state index is 0.196. The lowest BCUT2D eigenvalue weighted by molar-refractivity contribution is 0.395. The summed E-state index contributed by atoms with van der Waals surface area (Å²) in [7, 11) is -3.71. The number of nitrogens with two attached hydrogens (primary N) is 1. The lowest BCUT2D eigenvalue weighted by Crippen LogP contribution is -2.21. The second kappa shape index (κ2) is 4.12. The standard InChI is InChI=1S/C8H14N2O3S/c1-6(2)10-5-7-3-4-8(13-7)14(9,11)12/h3-4,6,10H,5H2,1-2H3,(H2,9,11,12). The first-order valence-electron chi connectivity index (χ1n) is 4.24. The fourth-order valence-electron chi connectivity index (χ4n) is 0.911. The molecule has 0 atom stereocenters. The van der Waals surface area contributed by atoms with E-state index in [2.05, 4.69) is 5.32 Å². The van der Waals surface area contributed by atoms with Crippen LogP contribution in [0.15, 0.2) is 21.6 Å². The zero-order valence-electron chi connectivity index (χ0n) is 8.15. The minimum atomic E-state index is -3.71. The molecule has 1 aromatic rings. The number of sulfonamides is 1. The van der Waals surface area contributed by atoms with E-state index in [0.717, 1.165) is 0 Å². The molecule has 3 N–H and O–H groups in total. The second-order valence-electron chi connectivity index (χ2n) is 3.30. The van der Waals surface area contributed by atoms with Crippen LogP contribution in [0.1, 0.15) is 19.6 Å². The highest BCUT2D eigenvalue weighted by molar-refractivity contribution is 7.89. The summed E-state index contributed by atoms with van der Waals surface area (Å²) >= 11 is 0. The van der Waals surface area contributed by atoms with Gasteiger partial charge >= 0.3 is 0 Å². The number of hydrogen-bond donors (Lipinski definition) is 2. The number of furan rings is 1. The monoisotopic (exact) mass is 218 g/mol. The quantitative estimate of drug-likeness (QED) is 0.767. The molecule has 0 radical (unpaired) electrons. The molecule has 0 aliphatic rings. The Kier molecular flexibility index (Phi) is 3.30. The third-order valence-electron chi connectivity index (χ3n) is 1.60. The molecule has 0 aliphatic heterocycles. The summed E-state index contributed by atoms with van der Waals surface area (Å²) in [5.74, 6) is 0.558. The predicted octanol–water partition coefficient (Wildman–Crippen LogP) is 0.425. The molecule has 1 rings (SSSR count). The van der Waals surface area contributed by atoms with E-state index in [1.807, 2.05) is 13.8 Å². The van der Waals surface area contributed by atoms with Crippen molar-refractivity contribution in [2.45, 2.75) is 31.5 Å². The molecule has 0 saturated carbocycles. The molecule has 80 valence electrons. The molecule has 0 bridgehead atoms. The molecule has 6 heteroatoms. The fourth-order valence-corrected chi connectivity index (χ4v) is 1.39. The largest absolute Gasteiger partial charge is 0.447 e. The van der Waals surface area contributed by atoms with Gasteiger partial charge in [0.25, 0.3) is 10.0 Å². The van der Waals surface area contributed by atoms with E-state index in [1.165, 1.54) is 6.07 Å². The van der Waals surface area contributed by atoms with E-state index in [0.29, 0.717) is 18.3 Å². The van der Waals surface area contributed by atoms with Crippen LogP contribution in [0.2, 0.25) is 0 Å². The van der Waals surface area contributed by atoms with E-state index in [4.69, 9.17) is 9.56 Å². The molecule has 0 amide bonds. The second-order valence-corrected chi connectivity index (χ2v) is 4.79. The Hall–Kier alpha value is -0.850. The Morgan fingerprint density at radius 2 is 2.14 bits per heavy atom. The highest BCUT2D eigenvalue weighted by atomic mass is 32.2. The summed E-state index contributed by atoms with van der Waals surface area (Å²) < 4.78 is 26.7. The van der Waals surface area contributed by atoms with Crippen LogP contribution < -0.4 is 10.5 Å². The van der Waals surface area contributed by atoms with Crippen molar-refractivity contribution in [3.05, 3.63) is 17.9 Å². The Morgan fingerprint density at radius 3 is 2.57 bits per heavy atom. The Morgan fingerprint density at radius 1 is 1.50 bits per heavy atom. The van der Waals surface area contributed by atoms with E-state index < -0.39 is 10.0 Å². The molecular formula is C8H14N2O3S. The fraction of sp³-hybridized carbons (Fsp3) is 0.500. The summed E-state index contributed by atoms with van der Waals surface area (Å²) in [6, 6.07) is 3.26. The van der Waals surface area contributed by atoms with E-state index in [-0.39, 0.29) is 5.09 Å². The van der Waals surface area contributed by atoms with Gasteiger partial charge in [-0.25, -0.2) is 13.6 Å². The lowest BCUT2D eigenvalue weighted by Gasteiger charge is -2.04. The Labute approximate surface area is 83.3 Å². The van der Waals surface area contributed by atoms with Crippen molar-refractivity contribution in [2.24, 2.45) is 5.14 Å². The summed E-state index contributed by atoms with van der Waals surface area (Å²) in [6.45, 7) is 4.47. The van der Waals surface area contributed by atoms with Crippen molar-refractivity contribution in [1.82, 2.24) is 5.32 Å². The van der Waals surface area contributed by atoms with Crippen molar-refractivity contribution >= 4 is 10.0 Å². The molecule has 14 heavy (non-hydrogen) atoms. The van der Waals surface area contributed by atoms with Crippen LogP contribution in [-0.2, 0) is 16.6 Å². The van der Waals surface area contributed by atoms with Crippen molar-refractivity contribution < 1.29 is 12.8 Å². The highest BCUT2D eigenvalue weighted by Gasteiger charge is 2.12. The maximum absolute atomic E-state index is 10.8. The van der Waals surface area contributed by atoms with Gasteiger partial charge in [0.1, 0.15) is 5.76 Å². The van der Waals surface area contributed by atoms with E-state index in [9.17, 15) is 8.42 Å². The highest BCUT2D eigenvalue weighted by Crippen LogP contribution is 2.11. The SMILES string of the molecule is CC(C)NCc1ccc(S(N)(=O)=O)o1. The van der Waals surface area contributed by atoms with Crippen LogP contribution >= 0.6 is 0 Å². The van der Waals surface area contributed by atoms with Crippen LogP contribution in [0.3, 0.4) is 0 Å². The van der Waals surface area contributed by atoms with Crippen molar-refractivity contribution in [3.63, 3.8) is 0 Å². The van der Waals surface area contributed by atoms with Crippen LogP contribution in [0.25, 0.3) is 0 Å². The Balaban J connectivity index is 2.70. The molecule has 1 aromatic heterocycles. The summed E-state index contributed by atoms with van der Waals surface area (Å²) in [6.07, 6.45) is 0.